The summed E-state index contributed by atoms with van der Waals surface area (Å²) in [7, 11) is 1.99. The first-order chi connectivity index (χ1) is 17.7. The van der Waals surface area contributed by atoms with Crippen LogP contribution in [0.1, 0.15) is 50.3 Å². The van der Waals surface area contributed by atoms with Crippen molar-refractivity contribution in [3.63, 3.8) is 0 Å². The Kier molecular flexibility index (Phi) is 6.66. The van der Waals surface area contributed by atoms with Gasteiger partial charge in [0.1, 0.15) is 12.1 Å². The highest BCUT2D eigenvalue weighted by Gasteiger charge is 2.29. The number of hydrogen-bond donors (Lipinski definition) is 1. The zero-order valence-electron chi connectivity index (χ0n) is 23.0. The number of nitrogens with zero attached hydrogens (tertiary/aromatic N) is 7. The average molecular weight is 503 g/mol. The fourth-order valence-corrected chi connectivity index (χ4v) is 5.45. The Morgan fingerprint density at radius 1 is 1.22 bits per heavy atom. The Labute approximate surface area is 218 Å². The first-order valence-electron chi connectivity index (χ1n) is 13.2. The second kappa shape index (κ2) is 9.78. The van der Waals surface area contributed by atoms with Crippen LogP contribution in [0.25, 0.3) is 27.9 Å². The van der Waals surface area contributed by atoms with Crippen LogP contribution in [-0.4, -0.2) is 86.1 Å². The minimum atomic E-state index is 0.135. The number of aromatic amines is 1. The Bertz CT molecular complexity index is 1450. The van der Waals surface area contributed by atoms with Crippen LogP contribution < -0.4 is 4.90 Å². The summed E-state index contributed by atoms with van der Waals surface area (Å²) in [6, 6.07) is 4.37. The number of likely N-dealkylation sites (N-methyl/N-ethyl adjacent to an activating group) is 1. The number of carbonyl (C=O) groups excluding carboxylic acids is 1. The van der Waals surface area contributed by atoms with Gasteiger partial charge in [0.25, 0.3) is 0 Å². The molecule has 0 aliphatic carbocycles. The minimum absolute atomic E-state index is 0.135. The third-order valence-electron chi connectivity index (χ3n) is 7.85. The van der Waals surface area contributed by atoms with Crippen molar-refractivity contribution in [1.29, 1.82) is 0 Å². The molecule has 0 bridgehead atoms. The van der Waals surface area contributed by atoms with Crippen molar-refractivity contribution in [2.24, 2.45) is 0 Å². The normalized spacial score (nSPS) is 16.6. The lowest BCUT2D eigenvalue weighted by Gasteiger charge is -2.41. The molecule has 37 heavy (non-hydrogen) atoms. The van der Waals surface area contributed by atoms with Gasteiger partial charge in [-0.2, -0.15) is 5.10 Å². The molecule has 1 fully saturated rings. The molecule has 1 amide bonds. The van der Waals surface area contributed by atoms with Crippen molar-refractivity contribution in [3.8, 4) is 11.3 Å². The zero-order chi connectivity index (χ0) is 26.4. The number of anilines is 1. The fraction of sp³-hybridized carbons (Fsp3) is 0.500. The monoisotopic (exact) mass is 502 g/mol. The molecule has 1 aliphatic heterocycles. The molecule has 0 radical (unpaired) electrons. The molecular weight excluding hydrogens is 464 g/mol. The van der Waals surface area contributed by atoms with Crippen molar-refractivity contribution in [1.82, 2.24) is 34.4 Å². The van der Waals surface area contributed by atoms with Crippen molar-refractivity contribution in [2.75, 3.05) is 44.7 Å². The molecule has 1 aliphatic rings. The number of hydrogen-bond acceptors (Lipinski definition) is 6. The molecule has 196 valence electrons. The second-order valence-corrected chi connectivity index (χ2v) is 10.7. The van der Waals surface area contributed by atoms with Gasteiger partial charge < -0.3 is 14.8 Å². The van der Waals surface area contributed by atoms with Gasteiger partial charge in [0.2, 0.25) is 5.91 Å². The summed E-state index contributed by atoms with van der Waals surface area (Å²) < 4.78 is 1.85. The van der Waals surface area contributed by atoms with E-state index in [2.05, 4.69) is 84.7 Å². The maximum absolute atomic E-state index is 12.8. The largest absolute Gasteiger partial charge is 0.353 e. The first-order valence-corrected chi connectivity index (χ1v) is 13.2. The van der Waals surface area contributed by atoms with E-state index in [1.54, 1.807) is 6.33 Å². The lowest BCUT2D eigenvalue weighted by atomic mass is 9.95. The zero-order valence-corrected chi connectivity index (χ0v) is 23.0. The lowest BCUT2D eigenvalue weighted by molar-refractivity contribution is -0.134. The van der Waals surface area contributed by atoms with E-state index in [9.17, 15) is 4.79 Å². The van der Waals surface area contributed by atoms with Crippen molar-refractivity contribution < 1.29 is 4.79 Å². The number of nitrogens with one attached hydrogen (secondary N) is 1. The van der Waals surface area contributed by atoms with Gasteiger partial charge in [0.15, 0.2) is 5.65 Å². The standard InChI is InChI=1S/C28H38N8O/c1-8-33(7)15-24(37)35-12-11-34(13-18(35)4)23-10-9-22-27(32-23)25(17(2)3)26(31-22)21-14-36-28(29-16-30-36)20(6)19(21)5/h9-10,14,16-18,31H,8,11-13,15H2,1-7H3/t18-/m1/s1. The predicted octanol–water partition coefficient (Wildman–Crippen LogP) is 4.00. The maximum atomic E-state index is 12.8. The quantitative estimate of drug-likeness (QED) is 0.429. The van der Waals surface area contributed by atoms with Crippen LogP contribution in [0.5, 0.6) is 0 Å². The molecule has 0 saturated carbocycles. The second-order valence-electron chi connectivity index (χ2n) is 10.7. The highest BCUT2D eigenvalue weighted by molar-refractivity contribution is 5.90. The average Bonchev–Trinajstić information content (AvgIpc) is 3.50. The third-order valence-corrected chi connectivity index (χ3v) is 7.85. The summed E-state index contributed by atoms with van der Waals surface area (Å²) in [5.74, 6) is 1.44. The number of aryl methyl sites for hydroxylation is 1. The van der Waals surface area contributed by atoms with Crippen molar-refractivity contribution in [2.45, 2.75) is 53.5 Å². The van der Waals surface area contributed by atoms with E-state index >= 15 is 0 Å². The van der Waals surface area contributed by atoms with Gasteiger partial charge in [-0.05, 0) is 63.5 Å². The van der Waals surface area contributed by atoms with Gasteiger partial charge in [0.05, 0.1) is 23.3 Å². The number of aromatic nitrogens is 5. The SMILES string of the molecule is CCN(C)CC(=O)N1CCN(c2ccc3[nH]c(-c4cn5ncnc5c(C)c4C)c(C(C)C)c3n2)C[C@H]1C. The molecule has 5 heterocycles. The number of H-pyrrole nitrogens is 1. The number of piperazine rings is 1. The summed E-state index contributed by atoms with van der Waals surface area (Å²) >= 11 is 0. The van der Waals surface area contributed by atoms with Crippen LogP contribution in [0.3, 0.4) is 0 Å². The molecule has 4 aromatic rings. The molecule has 1 saturated heterocycles. The summed E-state index contributed by atoms with van der Waals surface area (Å²) in [6.07, 6.45) is 3.67. The Morgan fingerprint density at radius 3 is 2.70 bits per heavy atom. The molecule has 0 aromatic carbocycles. The van der Waals surface area contributed by atoms with Gasteiger partial charge in [0, 0.05) is 43.0 Å². The van der Waals surface area contributed by atoms with E-state index in [0.29, 0.717) is 13.1 Å². The molecular formula is C28H38N8O. The minimum Gasteiger partial charge on any atom is -0.353 e. The highest BCUT2D eigenvalue weighted by atomic mass is 16.2. The van der Waals surface area contributed by atoms with Crippen molar-refractivity contribution in [3.05, 3.63) is 41.3 Å². The lowest BCUT2D eigenvalue weighted by Crippen LogP contribution is -2.56. The van der Waals surface area contributed by atoms with Gasteiger partial charge in [-0.25, -0.2) is 14.5 Å². The van der Waals surface area contributed by atoms with Crippen LogP contribution in [-0.2, 0) is 4.79 Å². The molecule has 4 aromatic heterocycles. The van der Waals surface area contributed by atoms with Gasteiger partial charge in [-0.15, -0.1) is 0 Å². The summed E-state index contributed by atoms with van der Waals surface area (Å²) in [4.78, 5) is 32.5. The molecule has 9 heteroatoms. The predicted molar refractivity (Wildman–Crippen MR) is 148 cm³/mol. The summed E-state index contributed by atoms with van der Waals surface area (Å²) in [6.45, 7) is 16.5. The van der Waals surface area contributed by atoms with E-state index in [0.717, 1.165) is 59.0 Å². The molecule has 0 spiro atoms. The van der Waals surface area contributed by atoms with Crippen molar-refractivity contribution >= 4 is 28.4 Å². The van der Waals surface area contributed by atoms with Crippen LogP contribution in [0.4, 0.5) is 5.82 Å². The number of fused-ring (bicyclic) bond motifs is 2. The van der Waals surface area contributed by atoms with E-state index < -0.39 is 0 Å². The smallest absolute Gasteiger partial charge is 0.237 e. The Balaban J connectivity index is 1.48. The van der Waals surface area contributed by atoms with E-state index in [4.69, 9.17) is 4.98 Å². The third kappa shape index (κ3) is 4.45. The molecule has 9 nitrogen and oxygen atoms in total. The number of rotatable bonds is 6. The topological polar surface area (TPSA) is 85.7 Å². The molecule has 0 unspecified atom stereocenters. The Morgan fingerprint density at radius 2 is 2.00 bits per heavy atom. The number of carbonyl (C=O) groups is 1. The maximum Gasteiger partial charge on any atom is 0.237 e. The van der Waals surface area contributed by atoms with Crippen LogP contribution in [0, 0.1) is 13.8 Å². The molecule has 1 N–H and O–H groups in total. The fourth-order valence-electron chi connectivity index (χ4n) is 5.45. The van der Waals surface area contributed by atoms with E-state index in [1.807, 2.05) is 16.5 Å². The van der Waals surface area contributed by atoms with Gasteiger partial charge in [-0.3, -0.25) is 9.69 Å². The molecule has 1 atom stereocenters. The van der Waals surface area contributed by atoms with E-state index in [-0.39, 0.29) is 17.9 Å². The van der Waals surface area contributed by atoms with Gasteiger partial charge in [-0.1, -0.05) is 20.8 Å². The van der Waals surface area contributed by atoms with Crippen LogP contribution in [0.2, 0.25) is 0 Å². The number of pyridine rings is 2. The highest BCUT2D eigenvalue weighted by Crippen LogP contribution is 2.38. The van der Waals surface area contributed by atoms with Gasteiger partial charge >= 0.3 is 0 Å². The van der Waals surface area contributed by atoms with Crippen LogP contribution in [0.15, 0.2) is 24.7 Å². The molecule has 5 rings (SSSR count). The van der Waals surface area contributed by atoms with Crippen LogP contribution >= 0.6 is 0 Å². The van der Waals surface area contributed by atoms with E-state index in [1.165, 1.54) is 11.1 Å². The first kappa shape index (κ1) is 25.2. The summed E-state index contributed by atoms with van der Waals surface area (Å²) in [5.41, 5.74) is 8.67. The number of amides is 1. The Hall–Kier alpha value is -3.46. The summed E-state index contributed by atoms with van der Waals surface area (Å²) in [5, 5.41) is 4.40.